The zero-order chi connectivity index (χ0) is 20.8. The molecule has 2 aromatic rings. The predicted octanol–water partition coefficient (Wildman–Crippen LogP) is 4.42. The molecule has 0 bridgehead atoms. The Morgan fingerprint density at radius 2 is 1.90 bits per heavy atom. The van der Waals surface area contributed by atoms with Gasteiger partial charge >= 0.3 is 0 Å². The van der Waals surface area contributed by atoms with Gasteiger partial charge in [-0.15, -0.1) is 0 Å². The number of aromatic nitrogens is 1. The van der Waals surface area contributed by atoms with E-state index in [0.29, 0.717) is 18.6 Å². The molecule has 1 aromatic heterocycles. The Kier molecular flexibility index (Phi) is 7.47. The largest absolute Gasteiger partial charge is 0.377 e. The molecule has 4 nitrogen and oxygen atoms in total. The highest BCUT2D eigenvalue weighted by molar-refractivity contribution is 5.17. The van der Waals surface area contributed by atoms with Gasteiger partial charge in [0, 0.05) is 44.0 Å². The van der Waals surface area contributed by atoms with E-state index in [-0.39, 0.29) is 5.82 Å². The minimum Gasteiger partial charge on any atom is -0.377 e. The molecule has 0 amide bonds. The number of nitrogens with zero attached hydrogens (tertiary/aromatic N) is 3. The van der Waals surface area contributed by atoms with E-state index in [1.165, 1.54) is 12.8 Å². The van der Waals surface area contributed by atoms with Crippen LogP contribution in [-0.2, 0) is 17.8 Å². The maximum absolute atomic E-state index is 14.0. The quantitative estimate of drug-likeness (QED) is 0.643. The third-order valence-corrected chi connectivity index (χ3v) is 6.39. The summed E-state index contributed by atoms with van der Waals surface area (Å²) in [5.74, 6) is 0.584. The number of hydrogen-bond acceptors (Lipinski definition) is 4. The first-order chi connectivity index (χ1) is 14.7. The Balaban J connectivity index is 1.31. The summed E-state index contributed by atoms with van der Waals surface area (Å²) in [6.07, 6.45) is 5.03. The van der Waals surface area contributed by atoms with Crippen molar-refractivity contribution in [3.05, 3.63) is 65.2 Å². The van der Waals surface area contributed by atoms with Crippen LogP contribution in [-0.4, -0.2) is 53.7 Å². The van der Waals surface area contributed by atoms with Crippen LogP contribution in [0.2, 0.25) is 0 Å². The molecule has 1 unspecified atom stereocenters. The van der Waals surface area contributed by atoms with Crippen molar-refractivity contribution in [1.29, 1.82) is 0 Å². The van der Waals surface area contributed by atoms with Crippen LogP contribution >= 0.6 is 0 Å². The van der Waals surface area contributed by atoms with Crippen molar-refractivity contribution in [2.45, 2.75) is 51.8 Å². The van der Waals surface area contributed by atoms with Gasteiger partial charge in [0.05, 0.1) is 11.8 Å². The monoisotopic (exact) mass is 411 g/mol. The van der Waals surface area contributed by atoms with Gasteiger partial charge in [-0.05, 0) is 69.8 Å². The van der Waals surface area contributed by atoms with Crippen molar-refractivity contribution in [2.24, 2.45) is 5.92 Å². The van der Waals surface area contributed by atoms with E-state index in [2.05, 4.69) is 34.9 Å². The summed E-state index contributed by atoms with van der Waals surface area (Å²) in [6, 6.07) is 13.4. The summed E-state index contributed by atoms with van der Waals surface area (Å²) in [4.78, 5) is 9.66. The lowest BCUT2D eigenvalue weighted by molar-refractivity contribution is 0.0564. The average molecular weight is 412 g/mol. The molecular formula is C25H34FN3O. The van der Waals surface area contributed by atoms with E-state index in [1.807, 2.05) is 12.1 Å². The molecule has 0 N–H and O–H groups in total. The topological polar surface area (TPSA) is 28.6 Å². The molecule has 0 aliphatic carbocycles. The molecular weight excluding hydrogens is 377 g/mol. The normalized spacial score (nSPS) is 20.8. The second-order valence-corrected chi connectivity index (χ2v) is 8.91. The summed E-state index contributed by atoms with van der Waals surface area (Å²) >= 11 is 0. The summed E-state index contributed by atoms with van der Waals surface area (Å²) in [5.41, 5.74) is 3.03. The number of hydrogen-bond donors (Lipinski definition) is 0. The van der Waals surface area contributed by atoms with Gasteiger partial charge in [-0.3, -0.25) is 14.8 Å². The van der Waals surface area contributed by atoms with E-state index in [4.69, 9.17) is 9.72 Å². The second kappa shape index (κ2) is 10.5. The third kappa shape index (κ3) is 6.10. The van der Waals surface area contributed by atoms with Crippen molar-refractivity contribution in [2.75, 3.05) is 32.8 Å². The molecule has 0 radical (unpaired) electrons. The van der Waals surface area contributed by atoms with Crippen molar-refractivity contribution >= 4 is 0 Å². The van der Waals surface area contributed by atoms with Crippen LogP contribution in [0.4, 0.5) is 4.39 Å². The lowest BCUT2D eigenvalue weighted by atomic mass is 9.95. The number of piperidine rings is 1. The van der Waals surface area contributed by atoms with Crippen molar-refractivity contribution in [1.82, 2.24) is 14.8 Å². The van der Waals surface area contributed by atoms with Gasteiger partial charge in [0.1, 0.15) is 5.82 Å². The molecule has 162 valence electrons. The molecule has 1 aromatic carbocycles. The van der Waals surface area contributed by atoms with Gasteiger partial charge < -0.3 is 4.74 Å². The fraction of sp³-hybridized carbons (Fsp3) is 0.560. The SMILES string of the molecule is Cc1cccc(CN(CC2CCN(Cc3ccccc3F)CC2)CC2CCCO2)n1. The Morgan fingerprint density at radius 1 is 1.07 bits per heavy atom. The van der Waals surface area contributed by atoms with Crippen LogP contribution in [0, 0.1) is 18.7 Å². The maximum Gasteiger partial charge on any atom is 0.127 e. The molecule has 2 saturated heterocycles. The fourth-order valence-electron chi connectivity index (χ4n) is 4.76. The van der Waals surface area contributed by atoms with Crippen molar-refractivity contribution in [3.63, 3.8) is 0 Å². The van der Waals surface area contributed by atoms with Crippen LogP contribution in [0.3, 0.4) is 0 Å². The smallest absolute Gasteiger partial charge is 0.127 e. The standard InChI is InChI=1S/C25H34FN3O/c1-20-6-4-8-23(27-20)18-29(19-24-9-5-15-30-24)16-21-11-13-28(14-12-21)17-22-7-2-3-10-25(22)26/h2-4,6-8,10,21,24H,5,9,11-19H2,1H3. The number of rotatable bonds is 8. The highest BCUT2D eigenvalue weighted by Crippen LogP contribution is 2.23. The molecule has 30 heavy (non-hydrogen) atoms. The first-order valence-electron chi connectivity index (χ1n) is 11.4. The maximum atomic E-state index is 14.0. The molecule has 0 saturated carbocycles. The molecule has 3 heterocycles. The first kappa shape index (κ1) is 21.4. The van der Waals surface area contributed by atoms with Gasteiger partial charge in [0.25, 0.3) is 0 Å². The van der Waals surface area contributed by atoms with Crippen LogP contribution in [0.1, 0.15) is 42.6 Å². The van der Waals surface area contributed by atoms with Crippen LogP contribution < -0.4 is 0 Å². The van der Waals surface area contributed by atoms with E-state index in [9.17, 15) is 4.39 Å². The Labute approximate surface area is 180 Å². The van der Waals surface area contributed by atoms with E-state index in [0.717, 1.165) is 69.1 Å². The molecule has 2 fully saturated rings. The molecule has 2 aliphatic rings. The second-order valence-electron chi connectivity index (χ2n) is 8.91. The van der Waals surface area contributed by atoms with Gasteiger partial charge in [-0.1, -0.05) is 24.3 Å². The number of likely N-dealkylation sites (tertiary alicyclic amines) is 1. The molecule has 0 spiro atoms. The molecule has 2 aliphatic heterocycles. The lowest BCUT2D eigenvalue weighted by Crippen LogP contribution is -2.40. The number of halogens is 1. The van der Waals surface area contributed by atoms with E-state index >= 15 is 0 Å². The number of aryl methyl sites for hydroxylation is 1. The van der Waals surface area contributed by atoms with Crippen molar-refractivity contribution in [3.8, 4) is 0 Å². The van der Waals surface area contributed by atoms with Crippen LogP contribution in [0.5, 0.6) is 0 Å². The highest BCUT2D eigenvalue weighted by atomic mass is 19.1. The Bertz CT molecular complexity index is 800. The number of pyridine rings is 1. The zero-order valence-corrected chi connectivity index (χ0v) is 18.1. The third-order valence-electron chi connectivity index (χ3n) is 6.39. The Hall–Kier alpha value is -1.82. The van der Waals surface area contributed by atoms with E-state index < -0.39 is 0 Å². The van der Waals surface area contributed by atoms with Crippen LogP contribution in [0.25, 0.3) is 0 Å². The Morgan fingerprint density at radius 3 is 2.63 bits per heavy atom. The summed E-state index contributed by atoms with van der Waals surface area (Å²) in [7, 11) is 0. The van der Waals surface area contributed by atoms with Gasteiger partial charge in [-0.2, -0.15) is 0 Å². The molecule has 4 rings (SSSR count). The van der Waals surface area contributed by atoms with Crippen molar-refractivity contribution < 1.29 is 9.13 Å². The minimum absolute atomic E-state index is 0.0898. The van der Waals surface area contributed by atoms with Crippen LogP contribution in [0.15, 0.2) is 42.5 Å². The average Bonchev–Trinajstić information content (AvgIpc) is 3.24. The first-order valence-corrected chi connectivity index (χ1v) is 11.4. The lowest BCUT2D eigenvalue weighted by Gasteiger charge is -2.35. The fourth-order valence-corrected chi connectivity index (χ4v) is 4.76. The molecule has 1 atom stereocenters. The summed E-state index contributed by atoms with van der Waals surface area (Å²) in [6.45, 7) is 8.71. The zero-order valence-electron chi connectivity index (χ0n) is 18.1. The summed E-state index contributed by atoms with van der Waals surface area (Å²) < 4.78 is 19.9. The molecule has 5 heteroatoms. The minimum atomic E-state index is -0.0898. The summed E-state index contributed by atoms with van der Waals surface area (Å²) in [5, 5.41) is 0. The highest BCUT2D eigenvalue weighted by Gasteiger charge is 2.25. The van der Waals surface area contributed by atoms with Gasteiger partial charge in [0.15, 0.2) is 0 Å². The predicted molar refractivity (Wildman–Crippen MR) is 118 cm³/mol. The number of ether oxygens (including phenoxy) is 1. The number of benzene rings is 1. The van der Waals surface area contributed by atoms with E-state index in [1.54, 1.807) is 12.1 Å². The van der Waals surface area contributed by atoms with Gasteiger partial charge in [0.2, 0.25) is 0 Å². The van der Waals surface area contributed by atoms with Gasteiger partial charge in [-0.25, -0.2) is 4.39 Å².